The minimum atomic E-state index is -3.45. The molecule has 1 N–H and O–H groups in total. The topological polar surface area (TPSA) is 97.2 Å². The summed E-state index contributed by atoms with van der Waals surface area (Å²) in [5, 5.41) is 5.23. The highest BCUT2D eigenvalue weighted by atomic mass is 32.2. The maximum absolute atomic E-state index is 13.0. The Labute approximate surface area is 156 Å². The molecule has 1 aliphatic rings. The fourth-order valence-corrected chi connectivity index (χ4v) is 3.89. The van der Waals surface area contributed by atoms with Crippen LogP contribution in [0.15, 0.2) is 36.4 Å². The summed E-state index contributed by atoms with van der Waals surface area (Å²) in [4.78, 5) is 19.1. The molecule has 2 aromatic heterocycles. The van der Waals surface area contributed by atoms with Crippen LogP contribution in [0.5, 0.6) is 0 Å². The zero-order valence-electron chi connectivity index (χ0n) is 15.0. The molecule has 0 saturated carbocycles. The average molecular weight is 385 g/mol. The number of fused-ring (bicyclic) bond motifs is 2. The van der Waals surface area contributed by atoms with Gasteiger partial charge in [0, 0.05) is 36.7 Å². The zero-order chi connectivity index (χ0) is 19.2. The summed E-state index contributed by atoms with van der Waals surface area (Å²) in [7, 11) is -1.68. The molecule has 0 bridgehead atoms. The minimum Gasteiger partial charge on any atom is -0.332 e. The Morgan fingerprint density at radius 3 is 2.74 bits per heavy atom. The third-order valence-electron chi connectivity index (χ3n) is 4.63. The van der Waals surface area contributed by atoms with Crippen molar-refractivity contribution in [2.45, 2.75) is 13.0 Å². The molecule has 1 aliphatic heterocycles. The van der Waals surface area contributed by atoms with Crippen LogP contribution < -0.4 is 4.72 Å². The molecule has 0 spiro atoms. The first-order valence-electron chi connectivity index (χ1n) is 8.49. The Bertz CT molecular complexity index is 1150. The van der Waals surface area contributed by atoms with Crippen LogP contribution in [-0.4, -0.2) is 46.8 Å². The van der Waals surface area contributed by atoms with Crippen LogP contribution >= 0.6 is 0 Å². The Morgan fingerprint density at radius 2 is 1.96 bits per heavy atom. The quantitative estimate of drug-likeness (QED) is 0.738. The van der Waals surface area contributed by atoms with E-state index in [1.807, 2.05) is 30.3 Å². The van der Waals surface area contributed by atoms with E-state index in [1.54, 1.807) is 22.7 Å². The first-order chi connectivity index (χ1) is 12.8. The number of para-hydroxylation sites is 1. The number of carbonyl (C=O) groups is 1. The molecule has 9 heteroatoms. The molecule has 0 unspecified atom stereocenters. The largest absolute Gasteiger partial charge is 0.332 e. The van der Waals surface area contributed by atoms with Crippen LogP contribution in [-0.2, 0) is 30.0 Å². The number of amides is 1. The van der Waals surface area contributed by atoms with E-state index in [0.717, 1.165) is 28.4 Å². The van der Waals surface area contributed by atoms with Gasteiger partial charge in [0.25, 0.3) is 5.91 Å². The van der Waals surface area contributed by atoms with Gasteiger partial charge in [-0.15, -0.1) is 0 Å². The molecular formula is C18H19N5O3S. The van der Waals surface area contributed by atoms with Crippen LogP contribution in [0.2, 0.25) is 0 Å². The standard InChI is InChI=1S/C18H19N5O3S/c1-22-16-9-10-23(11-13(16)17(20-22)21-27(2,25)26)18(24)15-8-7-12-5-3-4-6-14(12)19-15/h3-8H,9-11H2,1-2H3,(H,20,21). The predicted molar refractivity (Wildman–Crippen MR) is 102 cm³/mol. The Morgan fingerprint density at radius 1 is 1.19 bits per heavy atom. The summed E-state index contributed by atoms with van der Waals surface area (Å²) in [6.07, 6.45) is 1.68. The van der Waals surface area contributed by atoms with E-state index in [-0.39, 0.29) is 18.3 Å². The van der Waals surface area contributed by atoms with E-state index in [4.69, 9.17) is 0 Å². The highest BCUT2D eigenvalue weighted by Crippen LogP contribution is 2.27. The number of nitrogens with one attached hydrogen (secondary N) is 1. The molecule has 1 aromatic carbocycles. The number of rotatable bonds is 3. The van der Waals surface area contributed by atoms with Crippen LogP contribution in [0, 0.1) is 0 Å². The van der Waals surface area contributed by atoms with Gasteiger partial charge in [-0.2, -0.15) is 5.10 Å². The first-order valence-corrected chi connectivity index (χ1v) is 10.4. The number of hydrogen-bond acceptors (Lipinski definition) is 5. The van der Waals surface area contributed by atoms with Gasteiger partial charge in [0.1, 0.15) is 5.69 Å². The molecule has 0 aliphatic carbocycles. The molecule has 3 aromatic rings. The summed E-state index contributed by atoms with van der Waals surface area (Å²) in [5.41, 5.74) is 2.79. The monoisotopic (exact) mass is 385 g/mol. The molecule has 0 fully saturated rings. The lowest BCUT2D eigenvalue weighted by Gasteiger charge is -2.27. The Kier molecular flexibility index (Phi) is 4.11. The van der Waals surface area contributed by atoms with E-state index in [2.05, 4.69) is 14.8 Å². The predicted octanol–water partition coefficient (Wildman–Crippen LogP) is 1.54. The zero-order valence-corrected chi connectivity index (χ0v) is 15.8. The molecule has 8 nitrogen and oxygen atoms in total. The van der Waals surface area contributed by atoms with E-state index in [1.165, 1.54) is 0 Å². The summed E-state index contributed by atoms with van der Waals surface area (Å²) < 4.78 is 27.3. The van der Waals surface area contributed by atoms with Crippen LogP contribution in [0.25, 0.3) is 10.9 Å². The molecule has 0 atom stereocenters. The molecule has 3 heterocycles. The van der Waals surface area contributed by atoms with E-state index in [9.17, 15) is 13.2 Å². The summed E-state index contributed by atoms with van der Waals surface area (Å²) in [6.45, 7) is 0.812. The van der Waals surface area contributed by atoms with Crippen molar-refractivity contribution in [1.82, 2.24) is 19.7 Å². The summed E-state index contributed by atoms with van der Waals surface area (Å²) in [5.74, 6) is 0.0968. The number of aromatic nitrogens is 3. The van der Waals surface area contributed by atoms with Crippen molar-refractivity contribution in [1.29, 1.82) is 0 Å². The highest BCUT2D eigenvalue weighted by Gasteiger charge is 2.28. The number of anilines is 1. The lowest BCUT2D eigenvalue weighted by molar-refractivity contribution is 0.0728. The van der Waals surface area contributed by atoms with Crippen LogP contribution in [0.4, 0.5) is 5.82 Å². The number of nitrogens with zero attached hydrogens (tertiary/aromatic N) is 4. The Hall–Kier alpha value is -2.94. The number of benzene rings is 1. The maximum atomic E-state index is 13.0. The van der Waals surface area contributed by atoms with Crippen LogP contribution in [0.3, 0.4) is 0 Å². The van der Waals surface area contributed by atoms with Gasteiger partial charge in [-0.3, -0.25) is 14.2 Å². The molecular weight excluding hydrogens is 366 g/mol. The third kappa shape index (κ3) is 3.37. The van der Waals surface area contributed by atoms with E-state index >= 15 is 0 Å². The van der Waals surface area contributed by atoms with Gasteiger partial charge >= 0.3 is 0 Å². The number of pyridine rings is 1. The van der Waals surface area contributed by atoms with E-state index < -0.39 is 10.0 Å². The average Bonchev–Trinajstić information content (AvgIpc) is 2.94. The van der Waals surface area contributed by atoms with Gasteiger partial charge in [-0.1, -0.05) is 24.3 Å². The van der Waals surface area contributed by atoms with Gasteiger partial charge in [0.2, 0.25) is 10.0 Å². The normalized spacial score (nSPS) is 14.2. The Balaban J connectivity index is 1.64. The van der Waals surface area contributed by atoms with Crippen molar-refractivity contribution in [2.75, 3.05) is 17.5 Å². The second-order valence-electron chi connectivity index (χ2n) is 6.64. The first kappa shape index (κ1) is 17.5. The third-order valence-corrected chi connectivity index (χ3v) is 5.19. The van der Waals surface area contributed by atoms with Gasteiger partial charge in [-0.25, -0.2) is 13.4 Å². The minimum absolute atomic E-state index is 0.180. The smallest absolute Gasteiger partial charge is 0.272 e. The van der Waals surface area contributed by atoms with Gasteiger partial charge < -0.3 is 4.90 Å². The molecule has 0 radical (unpaired) electrons. The van der Waals surface area contributed by atoms with Crippen molar-refractivity contribution in [3.8, 4) is 0 Å². The number of aryl methyl sites for hydroxylation is 1. The van der Waals surface area contributed by atoms with Crippen molar-refractivity contribution >= 4 is 32.7 Å². The number of sulfonamides is 1. The fraction of sp³-hybridized carbons (Fsp3) is 0.278. The molecule has 1 amide bonds. The molecule has 140 valence electrons. The fourth-order valence-electron chi connectivity index (χ4n) is 3.37. The van der Waals surface area contributed by atoms with Crippen molar-refractivity contribution in [2.24, 2.45) is 7.05 Å². The van der Waals surface area contributed by atoms with E-state index in [0.29, 0.717) is 18.7 Å². The maximum Gasteiger partial charge on any atom is 0.272 e. The lowest BCUT2D eigenvalue weighted by Crippen LogP contribution is -2.36. The molecule has 27 heavy (non-hydrogen) atoms. The highest BCUT2D eigenvalue weighted by molar-refractivity contribution is 7.92. The number of carbonyl (C=O) groups excluding carboxylic acids is 1. The van der Waals surface area contributed by atoms with Crippen molar-refractivity contribution in [3.63, 3.8) is 0 Å². The van der Waals surface area contributed by atoms with Gasteiger partial charge in [0.15, 0.2) is 5.82 Å². The second kappa shape index (κ2) is 6.34. The van der Waals surface area contributed by atoms with Gasteiger partial charge in [0.05, 0.1) is 18.3 Å². The van der Waals surface area contributed by atoms with Gasteiger partial charge in [-0.05, 0) is 12.1 Å². The number of hydrogen-bond donors (Lipinski definition) is 1. The molecule has 0 saturated heterocycles. The van der Waals surface area contributed by atoms with Crippen LogP contribution in [0.1, 0.15) is 21.7 Å². The summed E-state index contributed by atoms with van der Waals surface area (Å²) >= 11 is 0. The lowest BCUT2D eigenvalue weighted by atomic mass is 10.1. The molecule has 4 rings (SSSR count). The van der Waals surface area contributed by atoms with Crippen molar-refractivity contribution in [3.05, 3.63) is 53.3 Å². The second-order valence-corrected chi connectivity index (χ2v) is 8.39. The SMILES string of the molecule is Cn1nc(NS(C)(=O)=O)c2c1CCN(C(=O)c1ccc3ccccc3n1)C2. The van der Waals surface area contributed by atoms with Crippen molar-refractivity contribution < 1.29 is 13.2 Å². The summed E-state index contributed by atoms with van der Waals surface area (Å²) in [6, 6.07) is 11.2.